The summed E-state index contributed by atoms with van der Waals surface area (Å²) in [6.45, 7) is 4.72. The fourth-order valence-corrected chi connectivity index (χ4v) is 3.19. The summed E-state index contributed by atoms with van der Waals surface area (Å²) in [7, 11) is 2.25. The Bertz CT molecular complexity index is 222. The van der Waals surface area contributed by atoms with Gasteiger partial charge >= 0.3 is 0 Å². The zero-order valence-electron chi connectivity index (χ0n) is 10.00. The Balaban J connectivity index is 1.94. The van der Waals surface area contributed by atoms with Crippen molar-refractivity contribution in [1.29, 1.82) is 0 Å². The van der Waals surface area contributed by atoms with Gasteiger partial charge in [0, 0.05) is 18.1 Å². The zero-order valence-corrected chi connectivity index (χ0v) is 10.00. The maximum Gasteiger partial charge on any atom is 0.0610 e. The molecule has 3 atom stereocenters. The monoisotopic (exact) mass is 212 g/mol. The number of nitrogens with one attached hydrogen (secondary N) is 1. The molecule has 2 saturated heterocycles. The normalized spacial score (nSPS) is 43.4. The van der Waals surface area contributed by atoms with Crippen molar-refractivity contribution >= 4 is 0 Å². The number of aliphatic hydroxyl groups excluding tert-OH is 1. The quantitative estimate of drug-likeness (QED) is 0.712. The van der Waals surface area contributed by atoms with Crippen LogP contribution in [0.4, 0.5) is 0 Å². The van der Waals surface area contributed by atoms with Crippen molar-refractivity contribution in [2.75, 3.05) is 26.7 Å². The van der Waals surface area contributed by atoms with Crippen LogP contribution in [0.1, 0.15) is 32.6 Å². The van der Waals surface area contributed by atoms with Gasteiger partial charge in [-0.25, -0.2) is 0 Å². The van der Waals surface area contributed by atoms with Crippen molar-refractivity contribution in [1.82, 2.24) is 10.2 Å². The Kier molecular flexibility index (Phi) is 3.33. The highest BCUT2D eigenvalue weighted by Crippen LogP contribution is 2.31. The van der Waals surface area contributed by atoms with Crippen molar-refractivity contribution in [3.63, 3.8) is 0 Å². The van der Waals surface area contributed by atoms with Crippen molar-refractivity contribution in [2.45, 2.75) is 44.2 Å². The lowest BCUT2D eigenvalue weighted by Crippen LogP contribution is -2.42. The molecule has 0 spiro atoms. The molecule has 0 aromatic carbocycles. The van der Waals surface area contributed by atoms with Gasteiger partial charge in [-0.1, -0.05) is 6.42 Å². The summed E-state index contributed by atoms with van der Waals surface area (Å²) < 4.78 is 0. The number of piperidine rings is 1. The second kappa shape index (κ2) is 4.40. The van der Waals surface area contributed by atoms with Gasteiger partial charge in [0.25, 0.3) is 0 Å². The molecule has 0 bridgehead atoms. The van der Waals surface area contributed by atoms with Gasteiger partial charge in [0.05, 0.1) is 6.61 Å². The van der Waals surface area contributed by atoms with Gasteiger partial charge in [-0.05, 0) is 45.7 Å². The number of nitrogens with zero attached hydrogens (tertiary/aromatic N) is 1. The summed E-state index contributed by atoms with van der Waals surface area (Å²) in [5.41, 5.74) is -0.0248. The average Bonchev–Trinajstić information content (AvgIpc) is 2.63. The minimum Gasteiger partial charge on any atom is -0.394 e. The molecule has 88 valence electrons. The predicted octanol–water partition coefficient (Wildman–Crippen LogP) is 0.831. The minimum atomic E-state index is -0.0248. The Hall–Kier alpha value is -0.120. The highest BCUT2D eigenvalue weighted by molar-refractivity contribution is 4.97. The molecule has 0 amide bonds. The molecule has 2 heterocycles. The molecule has 0 saturated carbocycles. The second-order valence-corrected chi connectivity index (χ2v) is 5.61. The summed E-state index contributed by atoms with van der Waals surface area (Å²) in [5, 5.41) is 12.8. The van der Waals surface area contributed by atoms with E-state index in [2.05, 4.69) is 24.2 Å². The van der Waals surface area contributed by atoms with Gasteiger partial charge in [0.1, 0.15) is 0 Å². The molecule has 3 heteroatoms. The molecule has 0 aromatic heterocycles. The maximum absolute atomic E-state index is 9.33. The Labute approximate surface area is 92.8 Å². The molecule has 2 aliphatic rings. The van der Waals surface area contributed by atoms with Gasteiger partial charge in [0.2, 0.25) is 0 Å². The molecule has 2 N–H and O–H groups in total. The van der Waals surface area contributed by atoms with Crippen LogP contribution in [0, 0.1) is 5.92 Å². The summed E-state index contributed by atoms with van der Waals surface area (Å²) in [4.78, 5) is 2.51. The van der Waals surface area contributed by atoms with E-state index in [9.17, 15) is 5.11 Å². The lowest BCUT2D eigenvalue weighted by Gasteiger charge is -2.36. The van der Waals surface area contributed by atoms with Crippen molar-refractivity contribution in [3.05, 3.63) is 0 Å². The fraction of sp³-hybridized carbons (Fsp3) is 1.00. The van der Waals surface area contributed by atoms with Crippen LogP contribution in [0.15, 0.2) is 0 Å². The minimum absolute atomic E-state index is 0.0248. The van der Waals surface area contributed by atoms with E-state index in [4.69, 9.17) is 0 Å². The van der Waals surface area contributed by atoms with Gasteiger partial charge in [-0.3, -0.25) is 0 Å². The third kappa shape index (κ3) is 2.35. The lowest BCUT2D eigenvalue weighted by atomic mass is 9.86. The Morgan fingerprint density at radius 1 is 1.47 bits per heavy atom. The molecular weight excluding hydrogens is 188 g/mol. The number of hydrogen-bond donors (Lipinski definition) is 2. The van der Waals surface area contributed by atoms with E-state index in [0.717, 1.165) is 24.9 Å². The third-order valence-electron chi connectivity index (χ3n) is 4.22. The molecule has 15 heavy (non-hydrogen) atoms. The van der Waals surface area contributed by atoms with E-state index in [-0.39, 0.29) is 12.1 Å². The van der Waals surface area contributed by atoms with Crippen LogP contribution in [-0.4, -0.2) is 48.3 Å². The molecule has 0 aliphatic carbocycles. The molecular formula is C12H24N2O. The van der Waals surface area contributed by atoms with E-state index in [0.29, 0.717) is 0 Å². The highest BCUT2D eigenvalue weighted by Gasteiger charge is 2.39. The van der Waals surface area contributed by atoms with E-state index in [1.165, 1.54) is 25.8 Å². The molecule has 0 aromatic rings. The Morgan fingerprint density at radius 2 is 2.27 bits per heavy atom. The number of likely N-dealkylation sites (tertiary alicyclic amines) is 1. The highest BCUT2D eigenvalue weighted by atomic mass is 16.3. The summed E-state index contributed by atoms with van der Waals surface area (Å²) in [6.07, 6.45) is 5.19. The largest absolute Gasteiger partial charge is 0.394 e. The van der Waals surface area contributed by atoms with Crippen LogP contribution in [0.5, 0.6) is 0 Å². The topological polar surface area (TPSA) is 35.5 Å². The van der Waals surface area contributed by atoms with E-state index in [1.54, 1.807) is 0 Å². The lowest BCUT2D eigenvalue weighted by molar-refractivity contribution is 0.126. The number of aliphatic hydroxyl groups is 1. The van der Waals surface area contributed by atoms with Crippen molar-refractivity contribution in [2.24, 2.45) is 5.92 Å². The van der Waals surface area contributed by atoms with Crippen LogP contribution < -0.4 is 5.32 Å². The average molecular weight is 212 g/mol. The maximum atomic E-state index is 9.33. The molecule has 2 aliphatic heterocycles. The number of rotatable bonds is 2. The van der Waals surface area contributed by atoms with Gasteiger partial charge < -0.3 is 15.3 Å². The van der Waals surface area contributed by atoms with Crippen LogP contribution in [-0.2, 0) is 0 Å². The molecule has 3 unspecified atom stereocenters. The molecule has 2 rings (SSSR count). The summed E-state index contributed by atoms with van der Waals surface area (Å²) >= 11 is 0. The molecule has 0 radical (unpaired) electrons. The molecule has 3 nitrogen and oxygen atoms in total. The van der Waals surface area contributed by atoms with Crippen molar-refractivity contribution in [3.8, 4) is 0 Å². The first-order chi connectivity index (χ1) is 7.14. The van der Waals surface area contributed by atoms with E-state index in [1.807, 2.05) is 0 Å². The standard InChI is InChI=1S/C12H24N2O/c1-12(9-15)7-10(8-13-12)11-5-3-4-6-14(11)2/h10-11,13,15H,3-9H2,1-2H3. The first-order valence-corrected chi connectivity index (χ1v) is 6.21. The van der Waals surface area contributed by atoms with Crippen LogP contribution >= 0.6 is 0 Å². The Morgan fingerprint density at radius 3 is 2.87 bits per heavy atom. The second-order valence-electron chi connectivity index (χ2n) is 5.61. The first-order valence-electron chi connectivity index (χ1n) is 6.21. The van der Waals surface area contributed by atoms with Gasteiger partial charge in [-0.2, -0.15) is 0 Å². The zero-order chi connectivity index (χ0) is 10.9. The van der Waals surface area contributed by atoms with E-state index >= 15 is 0 Å². The fourth-order valence-electron chi connectivity index (χ4n) is 3.19. The van der Waals surface area contributed by atoms with Gasteiger partial charge in [0.15, 0.2) is 0 Å². The molecule has 2 fully saturated rings. The smallest absolute Gasteiger partial charge is 0.0610 e. The van der Waals surface area contributed by atoms with E-state index < -0.39 is 0 Å². The van der Waals surface area contributed by atoms with Crippen molar-refractivity contribution < 1.29 is 5.11 Å². The number of hydrogen-bond acceptors (Lipinski definition) is 3. The third-order valence-corrected chi connectivity index (χ3v) is 4.22. The van der Waals surface area contributed by atoms with Crippen LogP contribution in [0.2, 0.25) is 0 Å². The SMILES string of the molecule is CN1CCCCC1C1CNC(C)(CO)C1. The van der Waals surface area contributed by atoms with Crippen LogP contribution in [0.3, 0.4) is 0 Å². The van der Waals surface area contributed by atoms with Gasteiger partial charge in [-0.15, -0.1) is 0 Å². The summed E-state index contributed by atoms with van der Waals surface area (Å²) in [5.74, 6) is 0.729. The summed E-state index contributed by atoms with van der Waals surface area (Å²) in [6, 6.07) is 0.736. The predicted molar refractivity (Wildman–Crippen MR) is 61.9 cm³/mol. The van der Waals surface area contributed by atoms with Crippen LogP contribution in [0.25, 0.3) is 0 Å². The first kappa shape index (κ1) is 11.4.